The molecule has 1 N–H and O–H groups in total. The maximum Gasteiger partial charge on any atom is 0.296 e. The molecule has 198 valence electrons. The predicted octanol–water partition coefficient (Wildman–Crippen LogP) is 3.72. The molecule has 0 amide bonds. The van der Waals surface area contributed by atoms with Gasteiger partial charge < -0.3 is 19.3 Å². The quantitative estimate of drug-likeness (QED) is 0.523. The van der Waals surface area contributed by atoms with Crippen molar-refractivity contribution in [3.8, 4) is 6.01 Å². The number of H-pyrrole nitrogens is 1. The third-order valence-corrected chi connectivity index (χ3v) is 8.31. The smallest absolute Gasteiger partial charge is 0.296 e. The van der Waals surface area contributed by atoms with Crippen molar-refractivity contribution in [3.63, 3.8) is 0 Å². The average Bonchev–Trinajstić information content (AvgIpc) is 3.51. The van der Waals surface area contributed by atoms with Crippen LogP contribution < -0.4 is 15.2 Å². The van der Waals surface area contributed by atoms with Crippen molar-refractivity contribution >= 4 is 16.6 Å². The topological polar surface area (TPSA) is 88.5 Å². The number of benzene rings is 1. The van der Waals surface area contributed by atoms with E-state index in [4.69, 9.17) is 19.6 Å². The Balaban J connectivity index is 1.29. The molecule has 2 aliphatic heterocycles. The number of ether oxygens (including phenoxy) is 2. The SMILES string of the molecule is Cc1cc2c(cnn2C2CCCCO2)c(N2CCc3c(nc(OCC4(CN(C)C)CC4)[nH]c3=O)C2)c1C. The first-order chi connectivity index (χ1) is 17.8. The fourth-order valence-electron chi connectivity index (χ4n) is 6.05. The summed E-state index contributed by atoms with van der Waals surface area (Å²) in [5, 5.41) is 5.90. The van der Waals surface area contributed by atoms with Gasteiger partial charge >= 0.3 is 0 Å². The molecule has 1 saturated carbocycles. The number of aromatic amines is 1. The van der Waals surface area contributed by atoms with E-state index in [0.29, 0.717) is 25.6 Å². The average molecular weight is 507 g/mol. The molecule has 9 heteroatoms. The number of nitrogens with one attached hydrogen (secondary N) is 1. The van der Waals surface area contributed by atoms with Crippen LogP contribution in [0.25, 0.3) is 10.9 Å². The Morgan fingerprint density at radius 2 is 2.11 bits per heavy atom. The zero-order valence-corrected chi connectivity index (χ0v) is 22.5. The number of aryl methyl sites for hydroxylation is 1. The van der Waals surface area contributed by atoms with Gasteiger partial charge in [-0.25, -0.2) is 4.68 Å². The van der Waals surface area contributed by atoms with Crippen LogP contribution in [0, 0.1) is 19.3 Å². The van der Waals surface area contributed by atoms with Crippen molar-refractivity contribution in [2.24, 2.45) is 5.41 Å². The van der Waals surface area contributed by atoms with Crippen molar-refractivity contribution < 1.29 is 9.47 Å². The molecule has 1 atom stereocenters. The molecule has 1 aliphatic carbocycles. The van der Waals surface area contributed by atoms with E-state index in [1.165, 1.54) is 16.8 Å². The molecule has 0 radical (unpaired) electrons. The number of rotatable bonds is 7. The second kappa shape index (κ2) is 9.44. The van der Waals surface area contributed by atoms with Crippen LogP contribution in [0.15, 0.2) is 17.1 Å². The lowest BCUT2D eigenvalue weighted by molar-refractivity contribution is -0.0366. The summed E-state index contributed by atoms with van der Waals surface area (Å²) in [7, 11) is 4.17. The monoisotopic (exact) mass is 506 g/mol. The van der Waals surface area contributed by atoms with Crippen LogP contribution in [-0.4, -0.2) is 65.0 Å². The van der Waals surface area contributed by atoms with Gasteiger partial charge in [0.2, 0.25) is 0 Å². The Kier molecular flexibility index (Phi) is 6.23. The number of fused-ring (bicyclic) bond motifs is 2. The Morgan fingerprint density at radius 1 is 1.27 bits per heavy atom. The number of anilines is 1. The third-order valence-electron chi connectivity index (χ3n) is 8.31. The number of aromatic nitrogens is 4. The van der Waals surface area contributed by atoms with E-state index in [9.17, 15) is 4.79 Å². The lowest BCUT2D eigenvalue weighted by atomic mass is 10.00. The molecular weight excluding hydrogens is 468 g/mol. The predicted molar refractivity (Wildman–Crippen MR) is 143 cm³/mol. The Hall–Kier alpha value is -2.91. The summed E-state index contributed by atoms with van der Waals surface area (Å²) in [6.45, 7) is 8.01. The molecule has 2 aromatic heterocycles. The van der Waals surface area contributed by atoms with E-state index < -0.39 is 0 Å². The summed E-state index contributed by atoms with van der Waals surface area (Å²) in [6, 6.07) is 2.57. The Labute approximate surface area is 217 Å². The number of hydrogen-bond acceptors (Lipinski definition) is 7. The third kappa shape index (κ3) is 4.63. The van der Waals surface area contributed by atoms with Crippen LogP contribution >= 0.6 is 0 Å². The van der Waals surface area contributed by atoms with Gasteiger partial charge in [-0.2, -0.15) is 10.1 Å². The molecule has 2 fully saturated rings. The summed E-state index contributed by atoms with van der Waals surface area (Å²) in [4.78, 5) is 25.2. The highest BCUT2D eigenvalue weighted by molar-refractivity contribution is 5.95. The van der Waals surface area contributed by atoms with Gasteiger partial charge in [-0.1, -0.05) is 0 Å². The minimum atomic E-state index is -0.0783. The summed E-state index contributed by atoms with van der Waals surface area (Å²) >= 11 is 0. The van der Waals surface area contributed by atoms with Gasteiger partial charge in [0.25, 0.3) is 11.6 Å². The molecule has 0 spiro atoms. The molecule has 0 bridgehead atoms. The van der Waals surface area contributed by atoms with Crippen LogP contribution in [0.2, 0.25) is 0 Å². The van der Waals surface area contributed by atoms with Crippen LogP contribution in [0.1, 0.15) is 60.7 Å². The van der Waals surface area contributed by atoms with Crippen LogP contribution in [0.5, 0.6) is 6.01 Å². The minimum absolute atomic E-state index is 0.00882. The zero-order chi connectivity index (χ0) is 25.7. The molecule has 1 aromatic carbocycles. The summed E-state index contributed by atoms with van der Waals surface area (Å²) < 4.78 is 14.2. The maximum atomic E-state index is 12.9. The van der Waals surface area contributed by atoms with Crippen molar-refractivity contribution in [3.05, 3.63) is 45.0 Å². The van der Waals surface area contributed by atoms with Crippen LogP contribution in [0.3, 0.4) is 0 Å². The van der Waals surface area contributed by atoms with E-state index >= 15 is 0 Å². The first kappa shape index (κ1) is 24.4. The highest BCUT2D eigenvalue weighted by Gasteiger charge is 2.44. The fourth-order valence-corrected chi connectivity index (χ4v) is 6.05. The highest BCUT2D eigenvalue weighted by Crippen LogP contribution is 2.46. The molecular formula is C28H38N6O3. The van der Waals surface area contributed by atoms with Crippen LogP contribution in [-0.2, 0) is 17.7 Å². The molecule has 37 heavy (non-hydrogen) atoms. The van der Waals surface area contributed by atoms with E-state index in [-0.39, 0.29) is 17.2 Å². The van der Waals surface area contributed by atoms with Gasteiger partial charge in [0.15, 0.2) is 6.23 Å². The first-order valence-electron chi connectivity index (χ1n) is 13.6. The largest absolute Gasteiger partial charge is 0.464 e. The van der Waals surface area contributed by atoms with Crippen molar-refractivity contribution in [2.45, 2.75) is 65.1 Å². The van der Waals surface area contributed by atoms with E-state index in [1.807, 2.05) is 6.20 Å². The van der Waals surface area contributed by atoms with Crippen molar-refractivity contribution in [2.75, 3.05) is 45.3 Å². The molecule has 1 unspecified atom stereocenters. The van der Waals surface area contributed by atoms with Gasteiger partial charge in [-0.15, -0.1) is 0 Å². The zero-order valence-electron chi connectivity index (χ0n) is 22.5. The van der Waals surface area contributed by atoms with Crippen molar-refractivity contribution in [1.82, 2.24) is 24.6 Å². The maximum absolute atomic E-state index is 12.9. The van der Waals surface area contributed by atoms with Gasteiger partial charge in [0.05, 0.1) is 36.2 Å². The second-order valence-electron chi connectivity index (χ2n) is 11.5. The molecule has 9 nitrogen and oxygen atoms in total. The van der Waals surface area contributed by atoms with Crippen molar-refractivity contribution in [1.29, 1.82) is 0 Å². The summed E-state index contributed by atoms with van der Waals surface area (Å²) in [5.41, 5.74) is 6.42. The second-order valence-corrected chi connectivity index (χ2v) is 11.5. The molecule has 6 rings (SSSR count). The van der Waals surface area contributed by atoms with Gasteiger partial charge in [0.1, 0.15) is 0 Å². The number of hydrogen-bond donors (Lipinski definition) is 1. The van der Waals surface area contributed by atoms with Crippen LogP contribution in [0.4, 0.5) is 5.69 Å². The number of nitrogens with zero attached hydrogens (tertiary/aromatic N) is 5. The standard InChI is InChI=1S/C28H38N6O3/c1-18-13-23-21(14-29-34(23)24-7-5-6-12-36-24)25(19(18)2)33-11-8-20-22(15-33)30-27(31-26(20)35)37-17-28(9-10-28)16-32(3)4/h13-14,24H,5-12,15-17H2,1-4H3,(H,30,31,35). The van der Waals surface area contributed by atoms with Gasteiger partial charge in [-0.05, 0) is 83.7 Å². The van der Waals surface area contributed by atoms with Gasteiger partial charge in [-0.3, -0.25) is 9.78 Å². The Morgan fingerprint density at radius 3 is 2.84 bits per heavy atom. The van der Waals surface area contributed by atoms with Gasteiger partial charge in [0, 0.05) is 36.1 Å². The highest BCUT2D eigenvalue weighted by atomic mass is 16.5. The molecule has 1 saturated heterocycles. The van der Waals surface area contributed by atoms with E-state index in [1.54, 1.807) is 0 Å². The van der Waals surface area contributed by atoms with E-state index in [0.717, 1.165) is 74.0 Å². The summed E-state index contributed by atoms with van der Waals surface area (Å²) in [5.74, 6) is 0. The molecule has 4 heterocycles. The lowest BCUT2D eigenvalue weighted by Gasteiger charge is -2.32. The molecule has 3 aliphatic rings. The lowest BCUT2D eigenvalue weighted by Crippen LogP contribution is -2.36. The Bertz CT molecular complexity index is 1370. The fraction of sp³-hybridized carbons (Fsp3) is 0.607. The first-order valence-corrected chi connectivity index (χ1v) is 13.6. The molecule has 3 aromatic rings. The summed E-state index contributed by atoms with van der Waals surface area (Å²) in [6.07, 6.45) is 8.18. The minimum Gasteiger partial charge on any atom is -0.464 e. The van der Waals surface area contributed by atoms with E-state index in [2.05, 4.69) is 53.5 Å². The normalized spacial score (nSPS) is 20.9.